The highest BCUT2D eigenvalue weighted by Gasteiger charge is 2.60. The second-order valence-corrected chi connectivity index (χ2v) is 5.29. The maximum Gasteiger partial charge on any atom is 0.515 e. The van der Waals surface area contributed by atoms with Crippen LogP contribution in [-0.2, 0) is 23.8 Å². The van der Waals surface area contributed by atoms with Crippen LogP contribution in [0.25, 0.3) is 0 Å². The summed E-state index contributed by atoms with van der Waals surface area (Å²) in [6, 6.07) is 0. The molecule has 0 bridgehead atoms. The molecule has 20 heavy (non-hydrogen) atoms. The van der Waals surface area contributed by atoms with Crippen molar-refractivity contribution in [2.24, 2.45) is 16.7 Å². The van der Waals surface area contributed by atoms with Gasteiger partial charge in [-0.2, -0.15) is 0 Å². The summed E-state index contributed by atoms with van der Waals surface area (Å²) in [5, 5.41) is 0. The Balaban J connectivity index is 3.23. The fourth-order valence-corrected chi connectivity index (χ4v) is 2.56. The van der Waals surface area contributed by atoms with Gasteiger partial charge in [0, 0.05) is 0 Å². The molecule has 3 atom stereocenters. The molecule has 0 N–H and O–H groups in total. The lowest BCUT2D eigenvalue weighted by Gasteiger charge is -2.46. The van der Waals surface area contributed by atoms with E-state index in [1.807, 2.05) is 13.0 Å². The molecule has 0 aromatic rings. The quantitative estimate of drug-likeness (QED) is 0.439. The fourth-order valence-electron chi connectivity index (χ4n) is 2.56. The van der Waals surface area contributed by atoms with Gasteiger partial charge in [0.15, 0.2) is 0 Å². The number of rotatable bonds is 2. The topological polar surface area (TPSA) is 78.9 Å². The maximum atomic E-state index is 12.3. The van der Waals surface area contributed by atoms with Gasteiger partial charge in [0.1, 0.15) is 0 Å². The van der Waals surface area contributed by atoms with Crippen LogP contribution in [0.2, 0.25) is 0 Å². The molecule has 1 aliphatic rings. The van der Waals surface area contributed by atoms with Crippen LogP contribution < -0.4 is 0 Å². The summed E-state index contributed by atoms with van der Waals surface area (Å²) in [5.41, 5.74) is -2.33. The van der Waals surface area contributed by atoms with Crippen molar-refractivity contribution in [2.75, 3.05) is 14.2 Å². The summed E-state index contributed by atoms with van der Waals surface area (Å²) in [6.07, 6.45) is 2.84. The van der Waals surface area contributed by atoms with Crippen molar-refractivity contribution in [1.82, 2.24) is 0 Å². The Kier molecular flexibility index (Phi) is 4.57. The summed E-state index contributed by atoms with van der Waals surface area (Å²) in [7, 11) is 2.38. The van der Waals surface area contributed by atoms with Gasteiger partial charge in [-0.1, -0.05) is 19.1 Å². The van der Waals surface area contributed by atoms with Crippen LogP contribution in [0.5, 0.6) is 0 Å². The molecule has 1 rings (SSSR count). The van der Waals surface area contributed by atoms with Crippen LogP contribution in [0.3, 0.4) is 0 Å². The van der Waals surface area contributed by atoms with E-state index in [1.54, 1.807) is 19.9 Å². The highest BCUT2D eigenvalue weighted by molar-refractivity contribution is 5.92. The minimum absolute atomic E-state index is 0.237. The first kappa shape index (κ1) is 16.2. The molecule has 6 nitrogen and oxygen atoms in total. The SMILES string of the molecule is COC(=O)OC(=O)[C@@]1(C)CC=C[C@@H](C)[C@@]1(C)C(=O)OC. The van der Waals surface area contributed by atoms with Gasteiger partial charge in [-0.25, -0.2) is 4.79 Å². The molecule has 0 saturated carbocycles. The third-order valence-corrected chi connectivity index (χ3v) is 4.41. The number of carbonyl (C=O) groups is 3. The van der Waals surface area contributed by atoms with Crippen LogP contribution >= 0.6 is 0 Å². The van der Waals surface area contributed by atoms with E-state index in [-0.39, 0.29) is 12.3 Å². The molecule has 1 aliphatic carbocycles. The van der Waals surface area contributed by atoms with Crippen LogP contribution in [0, 0.1) is 16.7 Å². The predicted octanol–water partition coefficient (Wildman–Crippen LogP) is 2.08. The van der Waals surface area contributed by atoms with Gasteiger partial charge < -0.3 is 14.2 Å². The van der Waals surface area contributed by atoms with Gasteiger partial charge >= 0.3 is 18.1 Å². The Hall–Kier alpha value is -1.85. The molecule has 0 aromatic heterocycles. The van der Waals surface area contributed by atoms with Crippen molar-refractivity contribution in [1.29, 1.82) is 0 Å². The minimum Gasteiger partial charge on any atom is -0.469 e. The van der Waals surface area contributed by atoms with E-state index in [2.05, 4.69) is 9.47 Å². The Morgan fingerprint density at radius 1 is 1.10 bits per heavy atom. The zero-order valence-corrected chi connectivity index (χ0v) is 12.4. The van der Waals surface area contributed by atoms with E-state index in [0.717, 1.165) is 7.11 Å². The second kappa shape index (κ2) is 5.64. The zero-order chi connectivity index (χ0) is 15.6. The van der Waals surface area contributed by atoms with E-state index >= 15 is 0 Å². The second-order valence-electron chi connectivity index (χ2n) is 5.29. The first-order valence-electron chi connectivity index (χ1n) is 6.29. The number of hydrogen-bond donors (Lipinski definition) is 0. The fraction of sp³-hybridized carbons (Fsp3) is 0.643. The first-order chi connectivity index (χ1) is 9.23. The molecule has 0 radical (unpaired) electrons. The lowest BCUT2D eigenvalue weighted by atomic mass is 9.55. The number of hydrogen-bond acceptors (Lipinski definition) is 6. The number of esters is 2. The van der Waals surface area contributed by atoms with E-state index in [9.17, 15) is 14.4 Å². The van der Waals surface area contributed by atoms with Crippen LogP contribution in [0.4, 0.5) is 4.79 Å². The average molecular weight is 284 g/mol. The van der Waals surface area contributed by atoms with Crippen molar-refractivity contribution in [3.63, 3.8) is 0 Å². The molecule has 6 heteroatoms. The average Bonchev–Trinajstić information content (AvgIpc) is 2.43. The number of ether oxygens (including phenoxy) is 3. The van der Waals surface area contributed by atoms with Gasteiger partial charge in [0.25, 0.3) is 0 Å². The van der Waals surface area contributed by atoms with E-state index in [1.165, 1.54) is 7.11 Å². The zero-order valence-electron chi connectivity index (χ0n) is 12.4. The number of carbonyl (C=O) groups excluding carboxylic acids is 3. The highest BCUT2D eigenvalue weighted by Crippen LogP contribution is 2.52. The molecule has 0 fully saturated rings. The van der Waals surface area contributed by atoms with Gasteiger partial charge in [0.2, 0.25) is 0 Å². The summed E-state index contributed by atoms with van der Waals surface area (Å²) in [4.78, 5) is 35.6. The van der Waals surface area contributed by atoms with Crippen LogP contribution in [0.1, 0.15) is 27.2 Å². The Morgan fingerprint density at radius 3 is 2.20 bits per heavy atom. The normalized spacial score (nSPS) is 32.4. The van der Waals surface area contributed by atoms with Gasteiger partial charge in [-0.05, 0) is 26.2 Å². The smallest absolute Gasteiger partial charge is 0.469 e. The van der Waals surface area contributed by atoms with Gasteiger partial charge in [0.05, 0.1) is 25.0 Å². The van der Waals surface area contributed by atoms with Gasteiger partial charge in [-0.3, -0.25) is 9.59 Å². The van der Waals surface area contributed by atoms with Crippen molar-refractivity contribution in [3.8, 4) is 0 Å². The molecule has 0 unspecified atom stereocenters. The Bertz CT molecular complexity index is 455. The van der Waals surface area contributed by atoms with E-state index in [0.29, 0.717) is 0 Å². The Morgan fingerprint density at radius 2 is 1.70 bits per heavy atom. The third-order valence-electron chi connectivity index (χ3n) is 4.41. The molecule has 112 valence electrons. The van der Waals surface area contributed by atoms with Crippen molar-refractivity contribution in [2.45, 2.75) is 27.2 Å². The van der Waals surface area contributed by atoms with Crippen LogP contribution in [0.15, 0.2) is 12.2 Å². The number of allylic oxidation sites excluding steroid dienone is 2. The molecule has 0 aliphatic heterocycles. The lowest BCUT2D eigenvalue weighted by Crippen LogP contribution is -2.54. The molecular formula is C14H20O6. The van der Waals surface area contributed by atoms with Crippen molar-refractivity contribution < 1.29 is 28.6 Å². The lowest BCUT2D eigenvalue weighted by molar-refractivity contribution is -0.178. The summed E-state index contributed by atoms with van der Waals surface area (Å²) in [5.74, 6) is -1.55. The maximum absolute atomic E-state index is 12.3. The summed E-state index contributed by atoms with van der Waals surface area (Å²) < 4.78 is 13.8. The molecule has 0 aromatic carbocycles. The third kappa shape index (κ3) is 2.30. The predicted molar refractivity (Wildman–Crippen MR) is 69.6 cm³/mol. The molecule has 0 spiro atoms. The molecule has 0 heterocycles. The summed E-state index contributed by atoms with van der Waals surface area (Å²) >= 11 is 0. The highest BCUT2D eigenvalue weighted by atomic mass is 16.7. The molecule has 0 amide bonds. The van der Waals surface area contributed by atoms with Gasteiger partial charge in [-0.15, -0.1) is 0 Å². The minimum atomic E-state index is -1.21. The number of methoxy groups -OCH3 is 2. The molecular weight excluding hydrogens is 264 g/mol. The van der Waals surface area contributed by atoms with Crippen molar-refractivity contribution >= 4 is 18.1 Å². The molecule has 0 saturated heterocycles. The van der Waals surface area contributed by atoms with E-state index < -0.39 is 28.9 Å². The van der Waals surface area contributed by atoms with Crippen LogP contribution in [-0.4, -0.2) is 32.3 Å². The standard InChI is InChI=1S/C14H20O6/c1-9-7-6-8-13(2,10(15)20-12(17)19-5)14(9,3)11(16)18-4/h6-7,9H,8H2,1-5H3/t9-,13-,14+/m1/s1. The van der Waals surface area contributed by atoms with E-state index in [4.69, 9.17) is 4.74 Å². The van der Waals surface area contributed by atoms with Crippen molar-refractivity contribution in [3.05, 3.63) is 12.2 Å². The first-order valence-corrected chi connectivity index (χ1v) is 6.29. The summed E-state index contributed by atoms with van der Waals surface area (Å²) in [6.45, 7) is 5.05. The monoisotopic (exact) mass is 284 g/mol. The Labute approximate surface area is 118 Å². The largest absolute Gasteiger partial charge is 0.515 e.